The van der Waals surface area contributed by atoms with Gasteiger partial charge in [0.15, 0.2) is 0 Å². The molecular formula is C22H21ClN2O2. The lowest BCUT2D eigenvalue weighted by molar-refractivity contribution is -0.115. The van der Waals surface area contributed by atoms with E-state index >= 15 is 0 Å². The molecule has 3 rings (SSSR count). The van der Waals surface area contributed by atoms with Crippen molar-refractivity contribution in [3.63, 3.8) is 0 Å². The lowest BCUT2D eigenvalue weighted by Crippen LogP contribution is -2.16. The quantitative estimate of drug-likeness (QED) is 0.553. The number of hydrogen-bond donors (Lipinski definition) is 2. The van der Waals surface area contributed by atoms with Gasteiger partial charge in [0.2, 0.25) is 5.91 Å². The minimum absolute atomic E-state index is 0.0485. The molecule has 0 atom stereocenters. The molecule has 138 valence electrons. The zero-order valence-corrected chi connectivity index (χ0v) is 15.6. The van der Waals surface area contributed by atoms with Crippen LogP contribution in [0.4, 0.5) is 11.4 Å². The minimum Gasteiger partial charge on any atom is -0.489 e. The first kappa shape index (κ1) is 18.8. The SMILES string of the molecule is O=C(CCNc1ccc(OCc2ccccc2)cc1)Nc1ccc(Cl)cc1. The normalized spacial score (nSPS) is 10.3. The second kappa shape index (κ2) is 9.64. The highest BCUT2D eigenvalue weighted by atomic mass is 35.5. The Balaban J connectivity index is 1.39. The van der Waals surface area contributed by atoms with E-state index in [0.29, 0.717) is 24.6 Å². The van der Waals surface area contributed by atoms with Gasteiger partial charge in [-0.05, 0) is 54.1 Å². The minimum atomic E-state index is -0.0485. The maximum atomic E-state index is 12.0. The number of amides is 1. The monoisotopic (exact) mass is 380 g/mol. The molecule has 0 heterocycles. The summed E-state index contributed by atoms with van der Waals surface area (Å²) < 4.78 is 5.76. The molecule has 0 aromatic heterocycles. The van der Waals surface area contributed by atoms with Crippen molar-refractivity contribution in [3.05, 3.63) is 89.4 Å². The Morgan fingerprint density at radius 1 is 0.852 bits per heavy atom. The first-order valence-electron chi connectivity index (χ1n) is 8.75. The highest BCUT2D eigenvalue weighted by Crippen LogP contribution is 2.17. The second-order valence-electron chi connectivity index (χ2n) is 6.03. The van der Waals surface area contributed by atoms with E-state index in [1.54, 1.807) is 24.3 Å². The lowest BCUT2D eigenvalue weighted by atomic mass is 10.2. The van der Waals surface area contributed by atoms with E-state index in [2.05, 4.69) is 10.6 Å². The van der Waals surface area contributed by atoms with Crippen molar-refractivity contribution in [2.45, 2.75) is 13.0 Å². The predicted molar refractivity (Wildman–Crippen MR) is 110 cm³/mol. The number of anilines is 2. The summed E-state index contributed by atoms with van der Waals surface area (Å²) in [5, 5.41) is 6.72. The molecule has 3 aromatic carbocycles. The number of benzene rings is 3. The maximum absolute atomic E-state index is 12.0. The van der Waals surface area contributed by atoms with E-state index in [-0.39, 0.29) is 5.91 Å². The van der Waals surface area contributed by atoms with Crippen LogP contribution in [0.25, 0.3) is 0 Å². The molecule has 0 aliphatic heterocycles. The van der Waals surface area contributed by atoms with Gasteiger partial charge in [-0.25, -0.2) is 0 Å². The van der Waals surface area contributed by atoms with Crippen molar-refractivity contribution in [1.82, 2.24) is 0 Å². The molecule has 0 unspecified atom stereocenters. The molecule has 0 aliphatic carbocycles. The third-order valence-corrected chi connectivity index (χ3v) is 4.16. The molecule has 0 saturated carbocycles. The summed E-state index contributed by atoms with van der Waals surface area (Å²) in [6.45, 7) is 1.09. The fourth-order valence-electron chi connectivity index (χ4n) is 2.49. The van der Waals surface area contributed by atoms with Crippen molar-refractivity contribution >= 4 is 28.9 Å². The number of rotatable bonds is 8. The summed E-state index contributed by atoms with van der Waals surface area (Å²) in [4.78, 5) is 12.0. The summed E-state index contributed by atoms with van der Waals surface area (Å²) in [6.07, 6.45) is 0.370. The summed E-state index contributed by atoms with van der Waals surface area (Å²) in [5.74, 6) is 0.762. The lowest BCUT2D eigenvalue weighted by Gasteiger charge is -2.09. The van der Waals surface area contributed by atoms with Gasteiger partial charge in [-0.2, -0.15) is 0 Å². The first-order chi connectivity index (χ1) is 13.2. The van der Waals surface area contributed by atoms with Gasteiger partial charge >= 0.3 is 0 Å². The standard InChI is InChI=1S/C22H21ClN2O2/c23-18-6-8-20(9-7-18)25-22(26)14-15-24-19-10-12-21(13-11-19)27-16-17-4-2-1-3-5-17/h1-13,24H,14-16H2,(H,25,26). The number of halogens is 1. The molecule has 5 heteroatoms. The third-order valence-electron chi connectivity index (χ3n) is 3.91. The van der Waals surface area contributed by atoms with E-state index in [4.69, 9.17) is 16.3 Å². The van der Waals surface area contributed by atoms with Gasteiger partial charge in [0, 0.05) is 29.4 Å². The van der Waals surface area contributed by atoms with Crippen LogP contribution in [-0.2, 0) is 11.4 Å². The van der Waals surface area contributed by atoms with Crippen LogP contribution in [0.3, 0.4) is 0 Å². The Bertz CT molecular complexity index is 850. The zero-order valence-electron chi connectivity index (χ0n) is 14.8. The Kier molecular flexibility index (Phi) is 6.72. The van der Waals surface area contributed by atoms with E-state index in [9.17, 15) is 4.79 Å². The first-order valence-corrected chi connectivity index (χ1v) is 9.13. The molecule has 2 N–H and O–H groups in total. The Morgan fingerprint density at radius 2 is 1.52 bits per heavy atom. The van der Waals surface area contributed by atoms with Crippen molar-refractivity contribution in [2.24, 2.45) is 0 Å². The van der Waals surface area contributed by atoms with Crippen molar-refractivity contribution in [3.8, 4) is 5.75 Å². The van der Waals surface area contributed by atoms with E-state index < -0.39 is 0 Å². The molecule has 3 aromatic rings. The van der Waals surface area contributed by atoms with Crippen LogP contribution in [0.2, 0.25) is 5.02 Å². The molecule has 0 bridgehead atoms. The number of ether oxygens (including phenoxy) is 1. The van der Waals surface area contributed by atoms with Crippen LogP contribution in [0.5, 0.6) is 5.75 Å². The average molecular weight is 381 g/mol. The fourth-order valence-corrected chi connectivity index (χ4v) is 2.61. The maximum Gasteiger partial charge on any atom is 0.226 e. The van der Waals surface area contributed by atoms with E-state index in [0.717, 1.165) is 22.7 Å². The van der Waals surface area contributed by atoms with Gasteiger partial charge in [-0.15, -0.1) is 0 Å². The molecule has 0 fully saturated rings. The summed E-state index contributed by atoms with van der Waals surface area (Å²) >= 11 is 5.83. The summed E-state index contributed by atoms with van der Waals surface area (Å²) in [6, 6.07) is 24.8. The largest absolute Gasteiger partial charge is 0.489 e. The molecular weight excluding hydrogens is 360 g/mol. The van der Waals surface area contributed by atoms with Crippen molar-refractivity contribution in [2.75, 3.05) is 17.2 Å². The number of carbonyl (C=O) groups is 1. The van der Waals surface area contributed by atoms with Gasteiger partial charge in [-0.1, -0.05) is 41.9 Å². The summed E-state index contributed by atoms with van der Waals surface area (Å²) in [7, 11) is 0. The van der Waals surface area contributed by atoms with E-state index in [1.165, 1.54) is 0 Å². The Labute approximate surface area is 164 Å². The second-order valence-corrected chi connectivity index (χ2v) is 6.47. The Morgan fingerprint density at radius 3 is 2.22 bits per heavy atom. The van der Waals surface area contributed by atoms with Crippen molar-refractivity contribution < 1.29 is 9.53 Å². The molecule has 0 saturated heterocycles. The molecule has 4 nitrogen and oxygen atoms in total. The van der Waals surface area contributed by atoms with Crippen LogP contribution >= 0.6 is 11.6 Å². The van der Waals surface area contributed by atoms with Crippen LogP contribution in [0, 0.1) is 0 Å². The highest BCUT2D eigenvalue weighted by molar-refractivity contribution is 6.30. The molecule has 1 amide bonds. The smallest absolute Gasteiger partial charge is 0.226 e. The molecule has 0 radical (unpaired) electrons. The Hall–Kier alpha value is -2.98. The zero-order chi connectivity index (χ0) is 18.9. The molecule has 0 spiro atoms. The van der Waals surface area contributed by atoms with E-state index in [1.807, 2.05) is 54.6 Å². The molecule has 27 heavy (non-hydrogen) atoms. The van der Waals surface area contributed by atoms with Crippen LogP contribution in [0.1, 0.15) is 12.0 Å². The topological polar surface area (TPSA) is 50.4 Å². The van der Waals surface area contributed by atoms with Crippen molar-refractivity contribution in [1.29, 1.82) is 0 Å². The van der Waals surface area contributed by atoms with Gasteiger partial charge in [0.25, 0.3) is 0 Å². The van der Waals surface area contributed by atoms with Crippen LogP contribution in [0.15, 0.2) is 78.9 Å². The average Bonchev–Trinajstić information content (AvgIpc) is 2.70. The molecule has 0 aliphatic rings. The van der Waals surface area contributed by atoms with Gasteiger partial charge in [-0.3, -0.25) is 4.79 Å². The van der Waals surface area contributed by atoms with Gasteiger partial charge < -0.3 is 15.4 Å². The van der Waals surface area contributed by atoms with Crippen LogP contribution < -0.4 is 15.4 Å². The predicted octanol–water partition coefficient (Wildman–Crippen LogP) is 5.36. The number of hydrogen-bond acceptors (Lipinski definition) is 3. The van der Waals surface area contributed by atoms with Gasteiger partial charge in [0.05, 0.1) is 0 Å². The third kappa shape index (κ3) is 6.35. The highest BCUT2D eigenvalue weighted by Gasteiger charge is 2.03. The number of nitrogens with one attached hydrogen (secondary N) is 2. The fraction of sp³-hybridized carbons (Fsp3) is 0.136. The number of carbonyl (C=O) groups excluding carboxylic acids is 1. The van der Waals surface area contributed by atoms with Gasteiger partial charge in [0.1, 0.15) is 12.4 Å². The summed E-state index contributed by atoms with van der Waals surface area (Å²) in [5.41, 5.74) is 2.82. The van der Waals surface area contributed by atoms with Crippen LogP contribution in [-0.4, -0.2) is 12.5 Å².